The summed E-state index contributed by atoms with van der Waals surface area (Å²) in [6.07, 6.45) is -0.828. The van der Waals surface area contributed by atoms with E-state index in [9.17, 15) is 9.59 Å². The second-order valence-electron chi connectivity index (χ2n) is 4.97. The molecule has 0 aliphatic carbocycles. The van der Waals surface area contributed by atoms with E-state index in [2.05, 4.69) is 21.2 Å². The van der Waals surface area contributed by atoms with Crippen LogP contribution in [0, 0.1) is 0 Å². The highest BCUT2D eigenvalue weighted by Gasteiger charge is 2.24. The molecule has 1 heterocycles. The number of rotatable bonds is 4. The normalized spacial score (nSPS) is 12.8. The van der Waals surface area contributed by atoms with E-state index in [1.807, 2.05) is 5.38 Å². The Balaban J connectivity index is 2.79. The van der Waals surface area contributed by atoms with Crippen molar-refractivity contribution in [2.75, 3.05) is 0 Å². The molecule has 0 spiro atoms. The van der Waals surface area contributed by atoms with Gasteiger partial charge in [-0.25, -0.2) is 4.79 Å². The molecule has 2 N–H and O–H groups in total. The van der Waals surface area contributed by atoms with Gasteiger partial charge in [0.25, 0.3) is 0 Å². The first-order valence-electron chi connectivity index (χ1n) is 5.62. The number of aliphatic carboxylic acids is 1. The Morgan fingerprint density at radius 1 is 1.47 bits per heavy atom. The lowest BCUT2D eigenvalue weighted by Crippen LogP contribution is -2.35. The third-order valence-corrected chi connectivity index (χ3v) is 3.84. The summed E-state index contributed by atoms with van der Waals surface area (Å²) in [7, 11) is 0. The van der Waals surface area contributed by atoms with Crippen molar-refractivity contribution in [1.29, 1.82) is 0 Å². The van der Waals surface area contributed by atoms with Crippen molar-refractivity contribution < 1.29 is 19.4 Å². The number of ether oxygens (including phenoxy) is 1. The summed E-state index contributed by atoms with van der Waals surface area (Å²) in [5, 5.41) is 15.1. The highest BCUT2D eigenvalue weighted by molar-refractivity contribution is 9.10. The molecule has 0 aliphatic rings. The number of carbonyl (C=O) groups excluding carboxylic acids is 1. The van der Waals surface area contributed by atoms with Crippen LogP contribution >= 0.6 is 27.3 Å². The molecule has 1 aromatic rings. The number of hydrogen-bond donors (Lipinski definition) is 2. The second kappa shape index (κ2) is 6.38. The molecule has 0 bridgehead atoms. The van der Waals surface area contributed by atoms with Gasteiger partial charge in [-0.1, -0.05) is 0 Å². The Kier molecular flexibility index (Phi) is 5.37. The topological polar surface area (TPSA) is 75.6 Å². The number of nitrogens with one attached hydrogen (secondary N) is 1. The fraction of sp³-hybridized carbons (Fsp3) is 0.500. The molecule has 1 rings (SSSR count). The number of amides is 1. The third kappa shape index (κ3) is 5.61. The average Bonchev–Trinajstić information content (AvgIpc) is 2.59. The second-order valence-corrected chi connectivity index (χ2v) is 6.57. The van der Waals surface area contributed by atoms with Crippen LogP contribution in [0.4, 0.5) is 4.79 Å². The zero-order valence-electron chi connectivity index (χ0n) is 10.9. The first-order chi connectivity index (χ1) is 8.69. The highest BCUT2D eigenvalue weighted by Crippen LogP contribution is 2.29. The largest absolute Gasteiger partial charge is 0.481 e. The van der Waals surface area contributed by atoms with Crippen molar-refractivity contribution in [2.24, 2.45) is 0 Å². The molecule has 7 heteroatoms. The molecule has 1 aromatic heterocycles. The quantitative estimate of drug-likeness (QED) is 0.871. The number of hydrogen-bond acceptors (Lipinski definition) is 4. The van der Waals surface area contributed by atoms with E-state index >= 15 is 0 Å². The van der Waals surface area contributed by atoms with Crippen molar-refractivity contribution >= 4 is 39.3 Å². The van der Waals surface area contributed by atoms with Gasteiger partial charge in [-0.05, 0) is 47.6 Å². The molecule has 0 saturated carbocycles. The lowest BCUT2D eigenvalue weighted by Gasteiger charge is -2.23. The molecule has 0 aliphatic heterocycles. The molecular weight excluding hydrogens is 334 g/mol. The summed E-state index contributed by atoms with van der Waals surface area (Å²) in [4.78, 5) is 22.6. The molecule has 1 unspecified atom stereocenters. The summed E-state index contributed by atoms with van der Waals surface area (Å²) < 4.78 is 5.91. The molecule has 1 amide bonds. The maximum atomic E-state index is 11.7. The minimum Gasteiger partial charge on any atom is -0.481 e. The molecule has 5 nitrogen and oxygen atoms in total. The Hall–Kier alpha value is -1.08. The monoisotopic (exact) mass is 349 g/mol. The first kappa shape index (κ1) is 16.0. The summed E-state index contributed by atoms with van der Waals surface area (Å²) in [6, 6.07) is -0.618. The van der Waals surface area contributed by atoms with Crippen LogP contribution in [0.5, 0.6) is 0 Å². The highest BCUT2D eigenvalue weighted by atomic mass is 79.9. The standard InChI is InChI=1S/C12H16BrNO4S/c1-12(2,3)18-11(17)14-9(4-10(15)16)7-5-19-6-8(7)13/h5-6,9H,4H2,1-3H3,(H,14,17)(H,15,16). The molecule has 0 fully saturated rings. The van der Waals surface area contributed by atoms with Gasteiger partial charge >= 0.3 is 12.1 Å². The van der Waals surface area contributed by atoms with E-state index in [1.165, 1.54) is 11.3 Å². The number of halogens is 1. The molecule has 106 valence electrons. The molecule has 19 heavy (non-hydrogen) atoms. The smallest absolute Gasteiger partial charge is 0.408 e. The molecule has 0 radical (unpaired) electrons. The van der Waals surface area contributed by atoms with Gasteiger partial charge < -0.3 is 15.2 Å². The fourth-order valence-electron chi connectivity index (χ4n) is 1.40. The molecule has 0 saturated heterocycles. The maximum Gasteiger partial charge on any atom is 0.408 e. The van der Waals surface area contributed by atoms with Gasteiger partial charge in [0, 0.05) is 9.85 Å². The summed E-state index contributed by atoms with van der Waals surface area (Å²) in [6.45, 7) is 5.25. The number of carboxylic acids is 1. The van der Waals surface area contributed by atoms with Crippen LogP contribution in [-0.4, -0.2) is 22.8 Å². The van der Waals surface area contributed by atoms with Gasteiger partial charge in [0.2, 0.25) is 0 Å². The minimum absolute atomic E-state index is 0.200. The van der Waals surface area contributed by atoms with Gasteiger partial charge in [-0.2, -0.15) is 11.3 Å². The van der Waals surface area contributed by atoms with Crippen molar-refractivity contribution in [3.8, 4) is 0 Å². The van der Waals surface area contributed by atoms with Gasteiger partial charge in [0.05, 0.1) is 12.5 Å². The minimum atomic E-state index is -0.987. The van der Waals surface area contributed by atoms with Crippen molar-refractivity contribution in [3.05, 3.63) is 20.8 Å². The van der Waals surface area contributed by atoms with Gasteiger partial charge in [-0.3, -0.25) is 4.79 Å². The van der Waals surface area contributed by atoms with Gasteiger partial charge in [-0.15, -0.1) is 0 Å². The molecular formula is C12H16BrNO4S. The SMILES string of the molecule is CC(C)(C)OC(=O)NC(CC(=O)O)c1cscc1Br. The Morgan fingerprint density at radius 2 is 2.11 bits per heavy atom. The summed E-state index contributed by atoms with van der Waals surface area (Å²) in [5.74, 6) is -0.987. The van der Waals surface area contributed by atoms with E-state index in [4.69, 9.17) is 9.84 Å². The first-order valence-corrected chi connectivity index (χ1v) is 7.35. The van der Waals surface area contributed by atoms with Crippen LogP contribution in [0.1, 0.15) is 38.8 Å². The lowest BCUT2D eigenvalue weighted by atomic mass is 10.1. The average molecular weight is 350 g/mol. The number of carboxylic acid groups (broad SMARTS) is 1. The number of carbonyl (C=O) groups is 2. The number of thiophene rings is 1. The van der Waals surface area contributed by atoms with Crippen LogP contribution in [0.25, 0.3) is 0 Å². The van der Waals surface area contributed by atoms with E-state index in [0.29, 0.717) is 0 Å². The van der Waals surface area contributed by atoms with E-state index in [1.54, 1.807) is 26.2 Å². The van der Waals surface area contributed by atoms with E-state index in [0.717, 1.165) is 10.0 Å². The van der Waals surface area contributed by atoms with Gasteiger partial charge in [0.1, 0.15) is 5.60 Å². The Labute approximate surface area is 124 Å². The van der Waals surface area contributed by atoms with Crippen LogP contribution in [0.15, 0.2) is 15.2 Å². The predicted molar refractivity (Wildman–Crippen MR) is 76.4 cm³/mol. The Bertz CT molecular complexity index is 467. The number of alkyl carbamates (subject to hydrolysis) is 1. The van der Waals surface area contributed by atoms with Crippen LogP contribution in [0.2, 0.25) is 0 Å². The van der Waals surface area contributed by atoms with Crippen molar-refractivity contribution in [1.82, 2.24) is 5.32 Å². The van der Waals surface area contributed by atoms with E-state index < -0.39 is 23.7 Å². The molecule has 0 aromatic carbocycles. The zero-order valence-corrected chi connectivity index (χ0v) is 13.3. The third-order valence-electron chi connectivity index (χ3n) is 2.09. The Morgan fingerprint density at radius 3 is 2.53 bits per heavy atom. The summed E-state index contributed by atoms with van der Waals surface area (Å²) >= 11 is 4.76. The van der Waals surface area contributed by atoms with E-state index in [-0.39, 0.29) is 6.42 Å². The van der Waals surface area contributed by atoms with Crippen LogP contribution in [-0.2, 0) is 9.53 Å². The predicted octanol–water partition coefficient (Wildman–Crippen LogP) is 3.55. The molecule has 1 atom stereocenters. The summed E-state index contributed by atoms with van der Waals surface area (Å²) in [5.41, 5.74) is 0.113. The fourth-order valence-corrected chi connectivity index (χ4v) is 3.03. The zero-order chi connectivity index (χ0) is 14.6. The van der Waals surface area contributed by atoms with Crippen molar-refractivity contribution in [2.45, 2.75) is 38.8 Å². The van der Waals surface area contributed by atoms with Crippen LogP contribution < -0.4 is 5.32 Å². The van der Waals surface area contributed by atoms with Crippen molar-refractivity contribution in [3.63, 3.8) is 0 Å². The maximum absolute atomic E-state index is 11.7. The van der Waals surface area contributed by atoms with Crippen LogP contribution in [0.3, 0.4) is 0 Å². The van der Waals surface area contributed by atoms with Gasteiger partial charge in [0.15, 0.2) is 0 Å². The lowest BCUT2D eigenvalue weighted by molar-refractivity contribution is -0.137.